The number of nitrogens with two attached hydrogens (primary N) is 1. The van der Waals surface area contributed by atoms with Gasteiger partial charge in [0.2, 0.25) is 0 Å². The first-order valence-electron chi connectivity index (χ1n) is 6.60. The fourth-order valence-electron chi connectivity index (χ4n) is 1.97. The van der Waals surface area contributed by atoms with Crippen molar-refractivity contribution in [2.45, 2.75) is 30.8 Å². The Morgan fingerprint density at radius 3 is 2.80 bits per heavy atom. The molecule has 0 fully saturated rings. The summed E-state index contributed by atoms with van der Waals surface area (Å²) < 4.78 is 3.25. The zero-order valence-corrected chi connectivity index (χ0v) is 13.8. The zero-order valence-electron chi connectivity index (χ0n) is 11.4. The van der Waals surface area contributed by atoms with E-state index in [9.17, 15) is 0 Å². The molecule has 20 heavy (non-hydrogen) atoms. The van der Waals surface area contributed by atoms with Gasteiger partial charge in [-0.15, -0.1) is 11.8 Å². The molecule has 1 atom stereocenters. The van der Waals surface area contributed by atoms with Gasteiger partial charge in [0.15, 0.2) is 0 Å². The number of benzene rings is 1. The normalized spacial score (nSPS) is 12.6. The van der Waals surface area contributed by atoms with Crippen molar-refractivity contribution < 1.29 is 0 Å². The Hall–Kier alpha value is -0.820. The molecule has 6 heteroatoms. The Morgan fingerprint density at radius 1 is 1.40 bits per heavy atom. The molecular weight excluding hydrogens is 336 g/mol. The van der Waals surface area contributed by atoms with Crippen LogP contribution in [-0.2, 0) is 6.54 Å². The fraction of sp³-hybridized carbons (Fsp3) is 0.357. The molecule has 2 rings (SSSR count). The monoisotopic (exact) mass is 354 g/mol. The number of thioether (sulfide) groups is 1. The maximum absolute atomic E-state index is 5.69. The molecule has 3 N–H and O–H groups in total. The third-order valence-electron chi connectivity index (χ3n) is 2.96. The van der Waals surface area contributed by atoms with Crippen LogP contribution in [0.4, 0.5) is 0 Å². The van der Waals surface area contributed by atoms with E-state index in [1.165, 1.54) is 4.90 Å². The summed E-state index contributed by atoms with van der Waals surface area (Å²) in [6.07, 6.45) is 4.92. The Balaban J connectivity index is 2.01. The van der Waals surface area contributed by atoms with Crippen molar-refractivity contribution in [3.8, 4) is 0 Å². The lowest BCUT2D eigenvalue weighted by molar-refractivity contribution is 0.528. The van der Waals surface area contributed by atoms with Gasteiger partial charge in [-0.1, -0.05) is 22.9 Å². The standard InChI is InChI=1S/C14H19BrN4S/c1-2-8-19-9-7-17-14(19)13(18-16)10-20-12-5-3-11(15)4-6-12/h3-7,9,13,18H,2,8,10,16H2,1H3. The van der Waals surface area contributed by atoms with Crippen LogP contribution in [0.2, 0.25) is 0 Å². The summed E-state index contributed by atoms with van der Waals surface area (Å²) in [6.45, 7) is 3.13. The van der Waals surface area contributed by atoms with Crippen molar-refractivity contribution in [2.24, 2.45) is 5.84 Å². The number of nitrogens with one attached hydrogen (secondary N) is 1. The summed E-state index contributed by atoms with van der Waals surface area (Å²) >= 11 is 5.21. The molecule has 1 heterocycles. The number of hydrogen-bond donors (Lipinski definition) is 2. The van der Waals surface area contributed by atoms with Crippen molar-refractivity contribution in [3.63, 3.8) is 0 Å². The third-order valence-corrected chi connectivity index (χ3v) is 4.59. The van der Waals surface area contributed by atoms with E-state index >= 15 is 0 Å². The van der Waals surface area contributed by atoms with E-state index in [0.717, 1.165) is 29.0 Å². The van der Waals surface area contributed by atoms with Crippen LogP contribution in [0, 0.1) is 0 Å². The van der Waals surface area contributed by atoms with Gasteiger partial charge in [0.25, 0.3) is 0 Å². The highest BCUT2D eigenvalue weighted by Gasteiger charge is 2.15. The topological polar surface area (TPSA) is 55.9 Å². The summed E-state index contributed by atoms with van der Waals surface area (Å²) in [5.74, 6) is 7.54. The number of aryl methyl sites for hydroxylation is 1. The van der Waals surface area contributed by atoms with Crippen LogP contribution in [0.3, 0.4) is 0 Å². The predicted octanol–water partition coefficient (Wildman–Crippen LogP) is 3.35. The number of rotatable bonds is 7. The van der Waals surface area contributed by atoms with E-state index in [0.29, 0.717) is 0 Å². The lowest BCUT2D eigenvalue weighted by Gasteiger charge is -2.17. The number of hydrazine groups is 1. The van der Waals surface area contributed by atoms with Crippen LogP contribution in [0.15, 0.2) is 46.0 Å². The third kappa shape index (κ3) is 4.09. The van der Waals surface area contributed by atoms with Gasteiger partial charge in [-0.2, -0.15) is 0 Å². The number of aromatic nitrogens is 2. The zero-order chi connectivity index (χ0) is 14.4. The Kier molecular flexibility index (Phi) is 6.09. The quantitative estimate of drug-likeness (QED) is 0.454. The Bertz CT molecular complexity index is 526. The van der Waals surface area contributed by atoms with Crippen LogP contribution in [0.25, 0.3) is 0 Å². The molecule has 108 valence electrons. The maximum atomic E-state index is 5.69. The molecule has 4 nitrogen and oxygen atoms in total. The van der Waals surface area contributed by atoms with Gasteiger partial charge in [-0.25, -0.2) is 10.4 Å². The highest BCUT2D eigenvalue weighted by atomic mass is 79.9. The SMILES string of the molecule is CCCn1ccnc1C(CSc1ccc(Br)cc1)NN. The molecule has 0 bridgehead atoms. The van der Waals surface area contributed by atoms with Gasteiger partial charge in [-0.05, 0) is 30.7 Å². The molecule has 0 radical (unpaired) electrons. The Labute approximate surface area is 132 Å². The first kappa shape index (κ1) is 15.6. The van der Waals surface area contributed by atoms with Crippen molar-refractivity contribution in [2.75, 3.05) is 5.75 Å². The van der Waals surface area contributed by atoms with Crippen molar-refractivity contribution in [1.82, 2.24) is 15.0 Å². The summed E-state index contributed by atoms with van der Waals surface area (Å²) in [7, 11) is 0. The highest BCUT2D eigenvalue weighted by molar-refractivity contribution is 9.10. The van der Waals surface area contributed by atoms with Gasteiger partial charge in [0.05, 0.1) is 6.04 Å². The molecule has 0 saturated carbocycles. The molecule has 1 aromatic carbocycles. The van der Waals surface area contributed by atoms with Crippen LogP contribution >= 0.6 is 27.7 Å². The molecule has 0 spiro atoms. The lowest BCUT2D eigenvalue weighted by atomic mass is 10.3. The molecule has 0 saturated heterocycles. The molecule has 1 aromatic heterocycles. The molecule has 0 aliphatic rings. The van der Waals surface area contributed by atoms with E-state index in [1.54, 1.807) is 11.8 Å². The second-order valence-electron chi connectivity index (χ2n) is 4.46. The summed E-state index contributed by atoms with van der Waals surface area (Å²) in [6, 6.07) is 8.34. The molecule has 0 aliphatic heterocycles. The van der Waals surface area contributed by atoms with Gasteiger partial charge in [-0.3, -0.25) is 5.84 Å². The minimum atomic E-state index is 0.0465. The van der Waals surface area contributed by atoms with Gasteiger partial charge < -0.3 is 4.57 Å². The molecular formula is C14H19BrN4S. The first-order chi connectivity index (χ1) is 9.74. The smallest absolute Gasteiger partial charge is 0.128 e. The van der Waals surface area contributed by atoms with Gasteiger partial charge >= 0.3 is 0 Å². The molecule has 2 aromatic rings. The van der Waals surface area contributed by atoms with Crippen molar-refractivity contribution in [1.29, 1.82) is 0 Å². The van der Waals surface area contributed by atoms with Crippen LogP contribution < -0.4 is 11.3 Å². The first-order valence-corrected chi connectivity index (χ1v) is 8.38. The van der Waals surface area contributed by atoms with Crippen molar-refractivity contribution >= 4 is 27.7 Å². The maximum Gasteiger partial charge on any atom is 0.128 e. The largest absolute Gasteiger partial charge is 0.334 e. The van der Waals surface area contributed by atoms with Gasteiger partial charge in [0, 0.05) is 34.1 Å². The lowest BCUT2D eigenvalue weighted by Crippen LogP contribution is -2.32. The van der Waals surface area contributed by atoms with E-state index < -0.39 is 0 Å². The van der Waals surface area contributed by atoms with Crippen molar-refractivity contribution in [3.05, 3.63) is 47.0 Å². The predicted molar refractivity (Wildman–Crippen MR) is 87.4 cm³/mol. The minimum absolute atomic E-state index is 0.0465. The molecule has 0 amide bonds. The number of imidazole rings is 1. The van der Waals surface area contributed by atoms with Crippen LogP contribution in [0.5, 0.6) is 0 Å². The van der Waals surface area contributed by atoms with E-state index in [1.807, 2.05) is 24.5 Å². The summed E-state index contributed by atoms with van der Waals surface area (Å²) in [5.41, 5.74) is 2.87. The number of nitrogens with zero attached hydrogens (tertiary/aromatic N) is 2. The second kappa shape index (κ2) is 7.83. The minimum Gasteiger partial charge on any atom is -0.334 e. The van der Waals surface area contributed by atoms with Gasteiger partial charge in [0.1, 0.15) is 5.82 Å². The average molecular weight is 355 g/mol. The molecule has 1 unspecified atom stereocenters. The summed E-state index contributed by atoms with van der Waals surface area (Å²) in [4.78, 5) is 5.66. The Morgan fingerprint density at radius 2 is 2.15 bits per heavy atom. The summed E-state index contributed by atoms with van der Waals surface area (Å²) in [5, 5.41) is 0. The second-order valence-corrected chi connectivity index (χ2v) is 6.47. The van der Waals surface area contributed by atoms with Crippen LogP contribution in [-0.4, -0.2) is 15.3 Å². The highest BCUT2D eigenvalue weighted by Crippen LogP contribution is 2.25. The van der Waals surface area contributed by atoms with E-state index in [4.69, 9.17) is 5.84 Å². The molecule has 0 aliphatic carbocycles. The van der Waals surface area contributed by atoms with E-state index in [-0.39, 0.29) is 6.04 Å². The average Bonchev–Trinajstić information content (AvgIpc) is 2.90. The number of hydrogen-bond acceptors (Lipinski definition) is 4. The number of halogens is 1. The van der Waals surface area contributed by atoms with Crippen LogP contribution in [0.1, 0.15) is 25.2 Å². The fourth-order valence-corrected chi connectivity index (χ4v) is 3.17. The van der Waals surface area contributed by atoms with E-state index in [2.05, 4.69) is 50.0 Å².